The number of aryl methyl sites for hydroxylation is 2. The van der Waals surface area contributed by atoms with Gasteiger partial charge in [-0.05, 0) is 61.9 Å². The Kier molecular flexibility index (Phi) is 6.10. The van der Waals surface area contributed by atoms with Gasteiger partial charge in [0.25, 0.3) is 0 Å². The Hall–Kier alpha value is -1.02. The SMILES string of the molecule is CCCNC(CC1CCCC1)c1cc(C)c(OC)cc1C. The molecule has 2 rings (SSSR count). The first kappa shape index (κ1) is 16.4. The fraction of sp³-hybridized carbons (Fsp3) is 0.684. The molecule has 2 heteroatoms. The molecule has 1 unspecified atom stereocenters. The smallest absolute Gasteiger partial charge is 0.122 e. The van der Waals surface area contributed by atoms with E-state index in [2.05, 4.69) is 38.2 Å². The number of methoxy groups -OCH3 is 1. The van der Waals surface area contributed by atoms with Crippen molar-refractivity contribution in [3.8, 4) is 5.75 Å². The fourth-order valence-corrected chi connectivity index (χ4v) is 3.63. The molecule has 1 N–H and O–H groups in total. The van der Waals surface area contributed by atoms with Gasteiger partial charge in [-0.3, -0.25) is 0 Å². The van der Waals surface area contributed by atoms with Crippen molar-refractivity contribution in [1.29, 1.82) is 0 Å². The van der Waals surface area contributed by atoms with Crippen LogP contribution in [-0.2, 0) is 0 Å². The van der Waals surface area contributed by atoms with Gasteiger partial charge in [-0.1, -0.05) is 38.7 Å². The first-order valence-electron chi connectivity index (χ1n) is 8.54. The molecule has 2 nitrogen and oxygen atoms in total. The maximum Gasteiger partial charge on any atom is 0.122 e. The van der Waals surface area contributed by atoms with E-state index in [0.717, 1.165) is 18.2 Å². The Morgan fingerprint density at radius 3 is 2.52 bits per heavy atom. The van der Waals surface area contributed by atoms with Crippen LogP contribution >= 0.6 is 0 Å². The van der Waals surface area contributed by atoms with Gasteiger partial charge >= 0.3 is 0 Å². The molecule has 1 saturated carbocycles. The number of rotatable bonds is 7. The molecule has 0 heterocycles. The zero-order valence-corrected chi connectivity index (χ0v) is 14.2. The molecular weight excluding hydrogens is 258 g/mol. The minimum Gasteiger partial charge on any atom is -0.496 e. The molecule has 1 aromatic carbocycles. The molecule has 0 bridgehead atoms. The molecule has 1 aliphatic carbocycles. The highest BCUT2D eigenvalue weighted by molar-refractivity contribution is 5.42. The van der Waals surface area contributed by atoms with E-state index in [4.69, 9.17) is 4.74 Å². The average Bonchev–Trinajstić information content (AvgIpc) is 2.98. The summed E-state index contributed by atoms with van der Waals surface area (Å²) in [4.78, 5) is 0. The second kappa shape index (κ2) is 7.84. The van der Waals surface area contributed by atoms with Gasteiger partial charge in [-0.2, -0.15) is 0 Å². The molecule has 0 aliphatic heterocycles. The van der Waals surface area contributed by atoms with Gasteiger partial charge in [-0.15, -0.1) is 0 Å². The van der Waals surface area contributed by atoms with E-state index in [1.54, 1.807) is 7.11 Å². The van der Waals surface area contributed by atoms with Crippen molar-refractivity contribution in [2.24, 2.45) is 5.92 Å². The Morgan fingerprint density at radius 2 is 1.90 bits per heavy atom. The van der Waals surface area contributed by atoms with Crippen LogP contribution in [0.4, 0.5) is 0 Å². The molecule has 1 aliphatic rings. The minimum atomic E-state index is 0.498. The van der Waals surface area contributed by atoms with Gasteiger partial charge < -0.3 is 10.1 Å². The monoisotopic (exact) mass is 289 g/mol. The van der Waals surface area contributed by atoms with Gasteiger partial charge in [0.1, 0.15) is 5.75 Å². The third-order valence-electron chi connectivity index (χ3n) is 4.84. The lowest BCUT2D eigenvalue weighted by Gasteiger charge is -2.25. The predicted molar refractivity (Wildman–Crippen MR) is 90.1 cm³/mol. The van der Waals surface area contributed by atoms with E-state index in [9.17, 15) is 0 Å². The summed E-state index contributed by atoms with van der Waals surface area (Å²) in [5.41, 5.74) is 4.06. The quantitative estimate of drug-likeness (QED) is 0.768. The zero-order valence-electron chi connectivity index (χ0n) is 14.2. The van der Waals surface area contributed by atoms with Gasteiger partial charge in [0.2, 0.25) is 0 Å². The van der Waals surface area contributed by atoms with Crippen molar-refractivity contribution >= 4 is 0 Å². The molecule has 1 atom stereocenters. The minimum absolute atomic E-state index is 0.498. The summed E-state index contributed by atoms with van der Waals surface area (Å²) in [6.07, 6.45) is 8.15. The second-order valence-corrected chi connectivity index (χ2v) is 6.57. The molecular formula is C19H31NO. The topological polar surface area (TPSA) is 21.3 Å². The summed E-state index contributed by atoms with van der Waals surface area (Å²) >= 11 is 0. The molecule has 0 aromatic heterocycles. The Morgan fingerprint density at radius 1 is 1.19 bits per heavy atom. The summed E-state index contributed by atoms with van der Waals surface area (Å²) in [6, 6.07) is 5.02. The lowest BCUT2D eigenvalue weighted by atomic mass is 9.90. The number of hydrogen-bond acceptors (Lipinski definition) is 2. The van der Waals surface area contributed by atoms with E-state index < -0.39 is 0 Å². The molecule has 1 fully saturated rings. The predicted octanol–water partition coefficient (Wildman–Crippen LogP) is 4.93. The molecule has 0 spiro atoms. The van der Waals surface area contributed by atoms with Crippen LogP contribution in [0.2, 0.25) is 0 Å². The second-order valence-electron chi connectivity index (χ2n) is 6.57. The molecule has 0 radical (unpaired) electrons. The highest BCUT2D eigenvalue weighted by Gasteiger charge is 2.22. The van der Waals surface area contributed by atoms with Crippen molar-refractivity contribution in [3.63, 3.8) is 0 Å². The van der Waals surface area contributed by atoms with E-state index in [-0.39, 0.29) is 0 Å². The normalized spacial score (nSPS) is 17.1. The standard InChI is InChI=1S/C19H31NO/c1-5-10-20-18(13-16-8-6-7-9-16)17-11-15(3)19(21-4)12-14(17)2/h11-12,16,18,20H,5-10,13H2,1-4H3. The third-order valence-corrected chi connectivity index (χ3v) is 4.84. The lowest BCUT2D eigenvalue weighted by molar-refractivity contribution is 0.391. The van der Waals surface area contributed by atoms with Gasteiger partial charge in [0.05, 0.1) is 7.11 Å². The largest absolute Gasteiger partial charge is 0.496 e. The van der Waals surface area contributed by atoms with Crippen LogP contribution in [0.25, 0.3) is 0 Å². The highest BCUT2D eigenvalue weighted by Crippen LogP contribution is 2.35. The first-order chi connectivity index (χ1) is 10.2. The highest BCUT2D eigenvalue weighted by atomic mass is 16.5. The van der Waals surface area contributed by atoms with Crippen LogP contribution in [0, 0.1) is 19.8 Å². The van der Waals surface area contributed by atoms with E-state index in [1.165, 1.54) is 55.2 Å². The summed E-state index contributed by atoms with van der Waals surface area (Å²) in [6.45, 7) is 7.70. The zero-order chi connectivity index (χ0) is 15.2. The van der Waals surface area contributed by atoms with Crippen LogP contribution in [0.1, 0.15) is 68.2 Å². The van der Waals surface area contributed by atoms with Crippen molar-refractivity contribution in [2.75, 3.05) is 13.7 Å². The summed E-state index contributed by atoms with van der Waals surface area (Å²) in [5.74, 6) is 1.91. The van der Waals surface area contributed by atoms with Crippen molar-refractivity contribution in [3.05, 3.63) is 28.8 Å². The van der Waals surface area contributed by atoms with Crippen LogP contribution < -0.4 is 10.1 Å². The summed E-state index contributed by atoms with van der Waals surface area (Å²) in [5, 5.41) is 3.78. The Bertz CT molecular complexity index is 449. The van der Waals surface area contributed by atoms with E-state index in [1.807, 2.05) is 0 Å². The first-order valence-corrected chi connectivity index (χ1v) is 8.54. The maximum atomic E-state index is 5.45. The average molecular weight is 289 g/mol. The number of benzene rings is 1. The Balaban J connectivity index is 2.20. The third kappa shape index (κ3) is 4.23. The molecule has 0 saturated heterocycles. The number of nitrogens with one attached hydrogen (secondary N) is 1. The molecule has 1 aromatic rings. The molecule has 118 valence electrons. The van der Waals surface area contributed by atoms with Gasteiger partial charge in [0, 0.05) is 6.04 Å². The fourth-order valence-electron chi connectivity index (χ4n) is 3.63. The summed E-state index contributed by atoms with van der Waals surface area (Å²) in [7, 11) is 1.76. The van der Waals surface area contributed by atoms with Crippen LogP contribution in [0.5, 0.6) is 5.75 Å². The number of ether oxygens (including phenoxy) is 1. The van der Waals surface area contributed by atoms with Crippen LogP contribution in [0.3, 0.4) is 0 Å². The maximum absolute atomic E-state index is 5.45. The molecule has 21 heavy (non-hydrogen) atoms. The van der Waals surface area contributed by atoms with Gasteiger partial charge in [-0.25, -0.2) is 0 Å². The number of hydrogen-bond donors (Lipinski definition) is 1. The van der Waals surface area contributed by atoms with E-state index >= 15 is 0 Å². The van der Waals surface area contributed by atoms with Crippen molar-refractivity contribution in [1.82, 2.24) is 5.32 Å². The van der Waals surface area contributed by atoms with E-state index in [0.29, 0.717) is 6.04 Å². The lowest BCUT2D eigenvalue weighted by Crippen LogP contribution is -2.25. The van der Waals surface area contributed by atoms with Crippen molar-refractivity contribution in [2.45, 2.75) is 65.3 Å². The molecule has 0 amide bonds. The van der Waals surface area contributed by atoms with Crippen molar-refractivity contribution < 1.29 is 4.74 Å². The van der Waals surface area contributed by atoms with Crippen LogP contribution in [-0.4, -0.2) is 13.7 Å². The summed E-state index contributed by atoms with van der Waals surface area (Å²) < 4.78 is 5.45. The van der Waals surface area contributed by atoms with Crippen LogP contribution in [0.15, 0.2) is 12.1 Å². The van der Waals surface area contributed by atoms with Gasteiger partial charge in [0.15, 0.2) is 0 Å². The Labute approximate surface area is 130 Å².